The van der Waals surface area contributed by atoms with Gasteiger partial charge in [0.1, 0.15) is 0 Å². The van der Waals surface area contributed by atoms with Gasteiger partial charge >= 0.3 is 0 Å². The van der Waals surface area contributed by atoms with Gasteiger partial charge in [-0.15, -0.1) is 0 Å². The number of hydrogen-bond donors (Lipinski definition) is 1. The summed E-state index contributed by atoms with van der Waals surface area (Å²) in [6.07, 6.45) is 4.78. The second kappa shape index (κ2) is 6.77. The van der Waals surface area contributed by atoms with E-state index in [-0.39, 0.29) is 17.5 Å². The first-order valence-electron chi connectivity index (χ1n) is 8.53. The van der Waals surface area contributed by atoms with Crippen molar-refractivity contribution in [2.45, 2.75) is 51.9 Å². The SMILES string of the molecule is CC(C)(C)n1cc(CN[C@@H]2CCN(Cc3ccccc3)C2=O)cn1. The summed E-state index contributed by atoms with van der Waals surface area (Å²) in [4.78, 5) is 14.5. The van der Waals surface area contributed by atoms with Crippen molar-refractivity contribution in [3.05, 3.63) is 53.9 Å². The molecule has 0 spiro atoms. The lowest BCUT2D eigenvalue weighted by molar-refractivity contribution is -0.129. The molecule has 2 aromatic rings. The second-order valence-corrected chi connectivity index (χ2v) is 7.43. The van der Waals surface area contributed by atoms with Crippen LogP contribution >= 0.6 is 0 Å². The lowest BCUT2D eigenvalue weighted by Gasteiger charge is -2.19. The molecule has 1 atom stereocenters. The zero-order chi connectivity index (χ0) is 17.2. The summed E-state index contributed by atoms with van der Waals surface area (Å²) in [5, 5.41) is 7.79. The standard InChI is InChI=1S/C19H26N4O/c1-19(2,3)23-14-16(12-21-23)11-20-17-9-10-22(18(17)24)13-15-7-5-4-6-8-15/h4-8,12,14,17,20H,9-11,13H2,1-3H3/t17-/m1/s1. The van der Waals surface area contributed by atoms with Crippen LogP contribution in [0.25, 0.3) is 0 Å². The number of nitrogens with one attached hydrogen (secondary N) is 1. The number of rotatable bonds is 5. The molecule has 24 heavy (non-hydrogen) atoms. The molecule has 1 aromatic heterocycles. The molecule has 1 amide bonds. The van der Waals surface area contributed by atoms with Crippen molar-refractivity contribution in [1.82, 2.24) is 20.0 Å². The van der Waals surface area contributed by atoms with Crippen LogP contribution in [-0.4, -0.2) is 33.2 Å². The van der Waals surface area contributed by atoms with Crippen molar-refractivity contribution in [2.24, 2.45) is 0 Å². The monoisotopic (exact) mass is 326 g/mol. The Labute approximate surface area is 143 Å². The Hall–Kier alpha value is -2.14. The Balaban J connectivity index is 1.53. The molecule has 0 unspecified atom stereocenters. The van der Waals surface area contributed by atoms with E-state index in [4.69, 9.17) is 0 Å². The molecule has 5 heteroatoms. The zero-order valence-electron chi connectivity index (χ0n) is 14.7. The van der Waals surface area contributed by atoms with Gasteiger partial charge in [-0.05, 0) is 32.8 Å². The summed E-state index contributed by atoms with van der Waals surface area (Å²) >= 11 is 0. The van der Waals surface area contributed by atoms with Crippen molar-refractivity contribution in [3.63, 3.8) is 0 Å². The minimum Gasteiger partial charge on any atom is -0.337 e. The van der Waals surface area contributed by atoms with Crippen LogP contribution in [0.5, 0.6) is 0 Å². The fourth-order valence-electron chi connectivity index (χ4n) is 2.95. The van der Waals surface area contributed by atoms with Crippen LogP contribution in [0.1, 0.15) is 38.3 Å². The van der Waals surface area contributed by atoms with Crippen molar-refractivity contribution in [3.8, 4) is 0 Å². The Morgan fingerprint density at radius 3 is 2.62 bits per heavy atom. The van der Waals surface area contributed by atoms with Crippen molar-refractivity contribution in [2.75, 3.05) is 6.54 Å². The normalized spacial score (nSPS) is 18.4. The highest BCUT2D eigenvalue weighted by atomic mass is 16.2. The molecule has 1 aliphatic heterocycles. The molecule has 1 N–H and O–H groups in total. The van der Waals surface area contributed by atoms with Crippen LogP contribution in [0.2, 0.25) is 0 Å². The lowest BCUT2D eigenvalue weighted by Crippen LogP contribution is -2.37. The first-order valence-corrected chi connectivity index (χ1v) is 8.53. The molecule has 5 nitrogen and oxygen atoms in total. The van der Waals surface area contributed by atoms with E-state index < -0.39 is 0 Å². The van der Waals surface area contributed by atoms with Crippen molar-refractivity contribution < 1.29 is 4.79 Å². The van der Waals surface area contributed by atoms with Gasteiger partial charge in [-0.2, -0.15) is 5.10 Å². The Morgan fingerprint density at radius 1 is 1.21 bits per heavy atom. The van der Waals surface area contributed by atoms with Gasteiger partial charge in [0.25, 0.3) is 0 Å². The maximum Gasteiger partial charge on any atom is 0.240 e. The molecule has 0 aliphatic carbocycles. The van der Waals surface area contributed by atoms with Crippen LogP contribution in [0.4, 0.5) is 0 Å². The number of nitrogens with zero attached hydrogens (tertiary/aromatic N) is 3. The van der Waals surface area contributed by atoms with E-state index in [0.29, 0.717) is 13.1 Å². The van der Waals surface area contributed by atoms with Gasteiger partial charge in [0, 0.05) is 31.4 Å². The Morgan fingerprint density at radius 2 is 1.96 bits per heavy atom. The van der Waals surface area contributed by atoms with E-state index in [9.17, 15) is 4.79 Å². The van der Waals surface area contributed by atoms with Crippen LogP contribution in [-0.2, 0) is 23.4 Å². The molecule has 0 bridgehead atoms. The molecule has 128 valence electrons. The third-order valence-electron chi connectivity index (χ3n) is 4.39. The second-order valence-electron chi connectivity index (χ2n) is 7.43. The predicted molar refractivity (Wildman–Crippen MR) is 94.3 cm³/mol. The first kappa shape index (κ1) is 16.7. The molecule has 3 rings (SSSR count). The molecule has 1 aliphatic rings. The van der Waals surface area contributed by atoms with Crippen LogP contribution in [0.3, 0.4) is 0 Å². The topological polar surface area (TPSA) is 50.2 Å². The molecular formula is C19H26N4O. The van der Waals surface area contributed by atoms with Gasteiger partial charge in [0.05, 0.1) is 17.8 Å². The molecular weight excluding hydrogens is 300 g/mol. The number of carbonyl (C=O) groups is 1. The molecule has 1 saturated heterocycles. The van der Waals surface area contributed by atoms with E-state index in [1.54, 1.807) is 0 Å². The molecule has 1 fully saturated rings. The maximum absolute atomic E-state index is 12.5. The minimum absolute atomic E-state index is 0.0199. The summed E-state index contributed by atoms with van der Waals surface area (Å²) in [6, 6.07) is 10.1. The molecule has 0 radical (unpaired) electrons. The number of carbonyl (C=O) groups excluding carboxylic acids is 1. The number of likely N-dealkylation sites (tertiary alicyclic amines) is 1. The number of aromatic nitrogens is 2. The largest absolute Gasteiger partial charge is 0.337 e. The fraction of sp³-hybridized carbons (Fsp3) is 0.474. The first-order chi connectivity index (χ1) is 11.4. The fourth-order valence-corrected chi connectivity index (χ4v) is 2.95. The average molecular weight is 326 g/mol. The number of hydrogen-bond acceptors (Lipinski definition) is 3. The van der Waals surface area contributed by atoms with E-state index in [1.807, 2.05) is 40.2 Å². The highest BCUT2D eigenvalue weighted by Gasteiger charge is 2.31. The summed E-state index contributed by atoms with van der Waals surface area (Å²) in [5.74, 6) is 0.196. The quantitative estimate of drug-likeness (QED) is 0.918. The van der Waals surface area contributed by atoms with Gasteiger partial charge < -0.3 is 10.2 Å². The van der Waals surface area contributed by atoms with Crippen LogP contribution in [0.15, 0.2) is 42.7 Å². The zero-order valence-corrected chi connectivity index (χ0v) is 14.7. The summed E-state index contributed by atoms with van der Waals surface area (Å²) in [5.41, 5.74) is 2.27. The molecule has 1 aromatic carbocycles. The minimum atomic E-state index is -0.0910. The summed E-state index contributed by atoms with van der Waals surface area (Å²) in [6.45, 7) is 8.55. The third kappa shape index (κ3) is 3.85. The highest BCUT2D eigenvalue weighted by molar-refractivity contribution is 5.83. The maximum atomic E-state index is 12.5. The smallest absolute Gasteiger partial charge is 0.240 e. The van der Waals surface area contributed by atoms with E-state index >= 15 is 0 Å². The predicted octanol–water partition coefficient (Wildman–Crippen LogP) is 2.53. The summed E-state index contributed by atoms with van der Waals surface area (Å²) in [7, 11) is 0. The van der Waals surface area contributed by atoms with Gasteiger partial charge in [0.2, 0.25) is 5.91 Å². The average Bonchev–Trinajstić information content (AvgIpc) is 3.15. The number of benzene rings is 1. The summed E-state index contributed by atoms with van der Waals surface area (Å²) < 4.78 is 1.96. The van der Waals surface area contributed by atoms with Crippen molar-refractivity contribution in [1.29, 1.82) is 0 Å². The highest BCUT2D eigenvalue weighted by Crippen LogP contribution is 2.17. The third-order valence-corrected chi connectivity index (χ3v) is 4.39. The van der Waals surface area contributed by atoms with E-state index in [2.05, 4.69) is 43.3 Å². The molecule has 0 saturated carbocycles. The lowest BCUT2D eigenvalue weighted by atomic mass is 10.1. The van der Waals surface area contributed by atoms with Crippen LogP contribution in [0, 0.1) is 0 Å². The van der Waals surface area contributed by atoms with Crippen LogP contribution < -0.4 is 5.32 Å². The van der Waals surface area contributed by atoms with Gasteiger partial charge in [-0.3, -0.25) is 9.48 Å². The Kier molecular flexibility index (Phi) is 4.71. The number of amides is 1. The van der Waals surface area contributed by atoms with Gasteiger partial charge in [-0.25, -0.2) is 0 Å². The van der Waals surface area contributed by atoms with Gasteiger partial charge in [0.15, 0.2) is 0 Å². The van der Waals surface area contributed by atoms with Crippen molar-refractivity contribution >= 4 is 5.91 Å². The van der Waals surface area contributed by atoms with E-state index in [1.165, 1.54) is 5.56 Å². The van der Waals surface area contributed by atoms with E-state index in [0.717, 1.165) is 18.5 Å². The van der Waals surface area contributed by atoms with Gasteiger partial charge in [-0.1, -0.05) is 30.3 Å². The molecule has 2 heterocycles. The Bertz CT molecular complexity index is 687.